The Kier molecular flexibility index (Phi) is 6.02. The molecule has 0 unspecified atom stereocenters. The zero-order chi connectivity index (χ0) is 21.0. The van der Waals surface area contributed by atoms with Crippen molar-refractivity contribution in [3.8, 4) is 5.75 Å². The lowest BCUT2D eigenvalue weighted by Gasteiger charge is -2.34. The van der Waals surface area contributed by atoms with E-state index >= 15 is 0 Å². The quantitative estimate of drug-likeness (QED) is 0.559. The molecule has 1 aliphatic rings. The van der Waals surface area contributed by atoms with Gasteiger partial charge < -0.3 is 9.64 Å². The second-order valence-corrected chi connectivity index (χ2v) is 6.57. The Morgan fingerprint density at radius 2 is 1.72 bits per heavy atom. The number of nitro groups is 1. The highest BCUT2D eigenvalue weighted by Gasteiger charge is 2.31. The van der Waals surface area contributed by atoms with Crippen molar-refractivity contribution in [1.82, 2.24) is 9.80 Å². The van der Waals surface area contributed by atoms with Gasteiger partial charge in [-0.1, -0.05) is 18.2 Å². The van der Waals surface area contributed by atoms with E-state index in [0.29, 0.717) is 32.7 Å². The lowest BCUT2D eigenvalue weighted by atomic mass is 10.1. The van der Waals surface area contributed by atoms with Crippen LogP contribution in [0.4, 0.5) is 18.9 Å². The molecule has 3 rings (SSSR count). The molecule has 0 N–H and O–H groups in total. The first-order valence-corrected chi connectivity index (χ1v) is 8.82. The van der Waals surface area contributed by atoms with Gasteiger partial charge in [-0.3, -0.25) is 19.8 Å². The van der Waals surface area contributed by atoms with Crippen LogP contribution in [0, 0.1) is 10.1 Å². The first-order chi connectivity index (χ1) is 13.7. The van der Waals surface area contributed by atoms with Crippen molar-refractivity contribution in [3.05, 3.63) is 69.8 Å². The molecule has 0 bridgehead atoms. The highest BCUT2D eigenvalue weighted by molar-refractivity contribution is 5.94. The molecule has 0 aromatic heterocycles. The average Bonchev–Trinajstić information content (AvgIpc) is 2.68. The lowest BCUT2D eigenvalue weighted by Crippen LogP contribution is -2.48. The number of halogens is 3. The summed E-state index contributed by atoms with van der Waals surface area (Å²) in [4.78, 5) is 26.6. The standard InChI is InChI=1S/C19H18F3N3O4/c20-19(21,22)29-17-6-4-14(5-7-17)13-23-8-10-24(11-9-23)18(26)15-2-1-3-16(12-15)25(27)28/h1-7,12H,8-11,13H2. The molecule has 154 valence electrons. The van der Waals surface area contributed by atoms with Gasteiger partial charge in [-0.2, -0.15) is 0 Å². The summed E-state index contributed by atoms with van der Waals surface area (Å²) in [7, 11) is 0. The molecule has 1 aliphatic heterocycles. The number of non-ortho nitro benzene ring substituents is 1. The second kappa shape index (κ2) is 8.48. The van der Waals surface area contributed by atoms with Gasteiger partial charge in [0.2, 0.25) is 0 Å². The molecule has 10 heteroatoms. The van der Waals surface area contributed by atoms with Gasteiger partial charge in [0, 0.05) is 50.4 Å². The highest BCUT2D eigenvalue weighted by Crippen LogP contribution is 2.23. The fourth-order valence-corrected chi connectivity index (χ4v) is 3.10. The molecule has 7 nitrogen and oxygen atoms in total. The van der Waals surface area contributed by atoms with Crippen LogP contribution in [0.5, 0.6) is 5.75 Å². The van der Waals surface area contributed by atoms with Crippen LogP contribution in [-0.2, 0) is 6.54 Å². The first-order valence-electron chi connectivity index (χ1n) is 8.82. The Balaban J connectivity index is 1.53. The molecule has 1 fully saturated rings. The average molecular weight is 409 g/mol. The molecule has 1 saturated heterocycles. The number of ether oxygens (including phenoxy) is 1. The van der Waals surface area contributed by atoms with E-state index in [1.807, 2.05) is 0 Å². The number of carbonyl (C=O) groups excluding carboxylic acids is 1. The zero-order valence-electron chi connectivity index (χ0n) is 15.3. The molecular weight excluding hydrogens is 391 g/mol. The molecule has 2 aromatic rings. The Labute approximate surface area is 164 Å². The summed E-state index contributed by atoms with van der Waals surface area (Å²) in [5.74, 6) is -0.532. The Bertz CT molecular complexity index is 879. The topological polar surface area (TPSA) is 75.9 Å². The van der Waals surface area contributed by atoms with E-state index in [2.05, 4.69) is 9.64 Å². The fraction of sp³-hybridized carbons (Fsp3) is 0.316. The Morgan fingerprint density at radius 3 is 2.31 bits per heavy atom. The van der Waals surface area contributed by atoms with Crippen LogP contribution < -0.4 is 4.74 Å². The molecule has 29 heavy (non-hydrogen) atoms. The van der Waals surface area contributed by atoms with E-state index in [4.69, 9.17) is 0 Å². The largest absolute Gasteiger partial charge is 0.573 e. The van der Waals surface area contributed by atoms with Crippen molar-refractivity contribution in [1.29, 1.82) is 0 Å². The van der Waals surface area contributed by atoms with E-state index in [1.54, 1.807) is 23.1 Å². The van der Waals surface area contributed by atoms with Crippen molar-refractivity contribution in [2.75, 3.05) is 26.2 Å². The van der Waals surface area contributed by atoms with Gasteiger partial charge in [0.1, 0.15) is 5.75 Å². The molecular formula is C19H18F3N3O4. The number of nitro benzene ring substituents is 1. The molecule has 0 aliphatic carbocycles. The number of nitrogens with zero attached hydrogens (tertiary/aromatic N) is 3. The van der Waals surface area contributed by atoms with E-state index in [0.717, 1.165) is 5.56 Å². The maximum absolute atomic E-state index is 12.6. The normalized spacial score (nSPS) is 15.2. The fourth-order valence-electron chi connectivity index (χ4n) is 3.10. The molecule has 0 spiro atoms. The van der Waals surface area contributed by atoms with Gasteiger partial charge in [-0.15, -0.1) is 13.2 Å². The number of amides is 1. The minimum atomic E-state index is -4.72. The minimum absolute atomic E-state index is 0.132. The van der Waals surface area contributed by atoms with Gasteiger partial charge in [0.05, 0.1) is 4.92 Å². The third-order valence-electron chi connectivity index (χ3n) is 4.53. The highest BCUT2D eigenvalue weighted by atomic mass is 19.4. The van der Waals surface area contributed by atoms with Gasteiger partial charge in [0.15, 0.2) is 0 Å². The number of rotatable bonds is 5. The summed E-state index contributed by atoms with van der Waals surface area (Å²) in [6.07, 6.45) is -4.72. The van der Waals surface area contributed by atoms with Gasteiger partial charge in [-0.25, -0.2) is 0 Å². The van der Waals surface area contributed by atoms with Gasteiger partial charge in [-0.05, 0) is 23.8 Å². The van der Waals surface area contributed by atoms with Crippen molar-refractivity contribution in [3.63, 3.8) is 0 Å². The van der Waals surface area contributed by atoms with Crippen molar-refractivity contribution in [2.24, 2.45) is 0 Å². The van der Waals surface area contributed by atoms with Crippen LogP contribution in [0.15, 0.2) is 48.5 Å². The van der Waals surface area contributed by atoms with E-state index < -0.39 is 11.3 Å². The third kappa shape index (κ3) is 5.67. The van der Waals surface area contributed by atoms with Crippen molar-refractivity contribution >= 4 is 11.6 Å². The molecule has 1 amide bonds. The molecule has 1 heterocycles. The predicted molar refractivity (Wildman–Crippen MR) is 97.4 cm³/mol. The molecule has 2 aromatic carbocycles. The predicted octanol–water partition coefficient (Wildman–Crippen LogP) is 3.45. The summed E-state index contributed by atoms with van der Waals surface area (Å²) in [5.41, 5.74) is 0.971. The Morgan fingerprint density at radius 1 is 1.07 bits per heavy atom. The van der Waals surface area contributed by atoms with E-state index in [-0.39, 0.29) is 22.9 Å². The number of benzene rings is 2. The van der Waals surface area contributed by atoms with Crippen LogP contribution in [0.25, 0.3) is 0 Å². The van der Waals surface area contributed by atoms with Crippen LogP contribution in [0.1, 0.15) is 15.9 Å². The number of hydrogen-bond acceptors (Lipinski definition) is 5. The second-order valence-electron chi connectivity index (χ2n) is 6.57. The van der Waals surface area contributed by atoms with Gasteiger partial charge in [0.25, 0.3) is 11.6 Å². The van der Waals surface area contributed by atoms with Gasteiger partial charge >= 0.3 is 6.36 Å². The number of hydrogen-bond donors (Lipinski definition) is 0. The van der Waals surface area contributed by atoms with E-state index in [1.165, 1.54) is 30.3 Å². The first kappa shape index (κ1) is 20.6. The summed E-state index contributed by atoms with van der Waals surface area (Å²) in [6, 6.07) is 11.3. The lowest BCUT2D eigenvalue weighted by molar-refractivity contribution is -0.384. The third-order valence-corrected chi connectivity index (χ3v) is 4.53. The summed E-state index contributed by atoms with van der Waals surface area (Å²) >= 11 is 0. The maximum Gasteiger partial charge on any atom is 0.573 e. The Hall–Kier alpha value is -3.14. The number of alkyl halides is 3. The SMILES string of the molecule is O=C(c1cccc([N+](=O)[O-])c1)N1CCN(Cc2ccc(OC(F)(F)F)cc2)CC1. The van der Waals surface area contributed by atoms with Crippen LogP contribution >= 0.6 is 0 Å². The van der Waals surface area contributed by atoms with Crippen LogP contribution in [0.2, 0.25) is 0 Å². The molecule has 0 atom stereocenters. The zero-order valence-corrected chi connectivity index (χ0v) is 15.3. The monoisotopic (exact) mass is 409 g/mol. The molecule has 0 radical (unpaired) electrons. The van der Waals surface area contributed by atoms with Crippen molar-refractivity contribution < 1.29 is 27.6 Å². The van der Waals surface area contributed by atoms with Crippen LogP contribution in [0.3, 0.4) is 0 Å². The molecule has 0 saturated carbocycles. The van der Waals surface area contributed by atoms with Crippen LogP contribution in [-0.4, -0.2) is 53.2 Å². The summed E-state index contributed by atoms with van der Waals surface area (Å²) < 4.78 is 40.5. The minimum Gasteiger partial charge on any atom is -0.406 e. The number of piperazine rings is 1. The van der Waals surface area contributed by atoms with E-state index in [9.17, 15) is 28.1 Å². The number of carbonyl (C=O) groups is 1. The van der Waals surface area contributed by atoms with Crippen molar-refractivity contribution in [2.45, 2.75) is 12.9 Å². The maximum atomic E-state index is 12.6. The summed E-state index contributed by atoms with van der Waals surface area (Å²) in [6.45, 7) is 2.61. The smallest absolute Gasteiger partial charge is 0.406 e. The summed E-state index contributed by atoms with van der Waals surface area (Å²) in [5, 5.41) is 10.9.